The summed E-state index contributed by atoms with van der Waals surface area (Å²) in [5.41, 5.74) is 6.39. The molecular formula is C11H11NO2. The van der Waals surface area contributed by atoms with E-state index in [0.29, 0.717) is 5.56 Å². The average Bonchev–Trinajstić information content (AvgIpc) is 2.10. The quantitative estimate of drug-likeness (QED) is 0.645. The topological polar surface area (TPSA) is 63.3 Å². The molecule has 1 amide bonds. The number of primary amides is 1. The predicted molar refractivity (Wildman–Crippen MR) is 53.5 cm³/mol. The number of carbonyl (C=O) groups excluding carboxylic acids is 1. The molecule has 0 aromatic heterocycles. The maximum Gasteiger partial charge on any atom is 0.229 e. The summed E-state index contributed by atoms with van der Waals surface area (Å²) < 4.78 is 0. The number of carbonyl (C=O) groups is 1. The average molecular weight is 189 g/mol. The van der Waals surface area contributed by atoms with Crippen molar-refractivity contribution in [3.05, 3.63) is 29.3 Å². The van der Waals surface area contributed by atoms with Gasteiger partial charge in [0.25, 0.3) is 0 Å². The van der Waals surface area contributed by atoms with E-state index in [-0.39, 0.29) is 12.2 Å². The van der Waals surface area contributed by atoms with Crippen molar-refractivity contribution in [1.29, 1.82) is 0 Å². The minimum atomic E-state index is -0.450. The highest BCUT2D eigenvalue weighted by atomic mass is 16.3. The smallest absolute Gasteiger partial charge is 0.229 e. The molecule has 0 bridgehead atoms. The molecule has 0 unspecified atom stereocenters. The number of amides is 1. The van der Waals surface area contributed by atoms with E-state index in [2.05, 4.69) is 11.8 Å². The van der Waals surface area contributed by atoms with Gasteiger partial charge in [0.1, 0.15) is 5.75 Å². The Labute approximate surface area is 82.6 Å². The van der Waals surface area contributed by atoms with Gasteiger partial charge in [-0.1, -0.05) is 17.9 Å². The predicted octanol–water partition coefficient (Wildman–Crippen LogP) is 0.928. The molecule has 3 nitrogen and oxygen atoms in total. The van der Waals surface area contributed by atoms with Gasteiger partial charge in [-0.2, -0.15) is 0 Å². The molecule has 3 N–H and O–H groups in total. The summed E-state index contributed by atoms with van der Waals surface area (Å²) in [6, 6.07) is 5.11. The van der Waals surface area contributed by atoms with E-state index >= 15 is 0 Å². The molecule has 0 aliphatic rings. The van der Waals surface area contributed by atoms with Crippen LogP contribution in [0.5, 0.6) is 5.75 Å². The minimum absolute atomic E-state index is 0.0363. The Morgan fingerprint density at radius 1 is 1.57 bits per heavy atom. The van der Waals surface area contributed by atoms with Crippen molar-refractivity contribution < 1.29 is 9.90 Å². The fraction of sp³-hybridized carbons (Fsp3) is 0.182. The standard InChI is InChI=1S/C11H11NO2/c1-8-5-6-9(7-10(8)13)3-2-4-11(12)14/h5-7,13H,4H2,1H3,(H2,12,14). The van der Waals surface area contributed by atoms with Crippen LogP contribution in [-0.4, -0.2) is 11.0 Å². The zero-order chi connectivity index (χ0) is 10.6. The molecule has 14 heavy (non-hydrogen) atoms. The van der Waals surface area contributed by atoms with Crippen molar-refractivity contribution >= 4 is 5.91 Å². The summed E-state index contributed by atoms with van der Waals surface area (Å²) in [4.78, 5) is 10.4. The third-order valence-corrected chi connectivity index (χ3v) is 1.70. The van der Waals surface area contributed by atoms with Crippen LogP contribution in [-0.2, 0) is 4.79 Å². The molecule has 1 aromatic carbocycles. The fourth-order valence-electron chi connectivity index (χ4n) is 0.921. The summed E-state index contributed by atoms with van der Waals surface area (Å²) in [5.74, 6) is 5.10. The number of rotatable bonds is 1. The first-order valence-electron chi connectivity index (χ1n) is 4.16. The largest absolute Gasteiger partial charge is 0.508 e. The molecule has 1 rings (SSSR count). The molecule has 3 heteroatoms. The molecule has 0 aliphatic carbocycles. The van der Waals surface area contributed by atoms with Gasteiger partial charge in [-0.05, 0) is 24.6 Å². The Morgan fingerprint density at radius 2 is 2.29 bits per heavy atom. The van der Waals surface area contributed by atoms with Crippen LogP contribution in [0.1, 0.15) is 17.5 Å². The highest BCUT2D eigenvalue weighted by Gasteiger charge is 1.95. The van der Waals surface area contributed by atoms with E-state index in [1.54, 1.807) is 25.1 Å². The number of phenols is 1. The number of phenolic OH excluding ortho intramolecular Hbond substituents is 1. The van der Waals surface area contributed by atoms with Gasteiger partial charge < -0.3 is 10.8 Å². The molecule has 0 radical (unpaired) electrons. The van der Waals surface area contributed by atoms with Crippen molar-refractivity contribution in [2.45, 2.75) is 13.3 Å². The second-order valence-electron chi connectivity index (χ2n) is 2.95. The first kappa shape index (κ1) is 10.1. The molecule has 72 valence electrons. The Balaban J connectivity index is 2.81. The van der Waals surface area contributed by atoms with Crippen LogP contribution in [0.25, 0.3) is 0 Å². The number of benzene rings is 1. The highest BCUT2D eigenvalue weighted by Crippen LogP contribution is 2.16. The van der Waals surface area contributed by atoms with Gasteiger partial charge in [0.05, 0.1) is 6.42 Å². The molecule has 1 aromatic rings. The summed E-state index contributed by atoms with van der Waals surface area (Å²) in [6.07, 6.45) is 0.0363. The second-order valence-corrected chi connectivity index (χ2v) is 2.95. The number of hydrogen-bond acceptors (Lipinski definition) is 2. The maximum atomic E-state index is 10.4. The van der Waals surface area contributed by atoms with Crippen molar-refractivity contribution in [3.8, 4) is 17.6 Å². The van der Waals surface area contributed by atoms with E-state index in [9.17, 15) is 9.90 Å². The third-order valence-electron chi connectivity index (χ3n) is 1.70. The van der Waals surface area contributed by atoms with Gasteiger partial charge in [-0.15, -0.1) is 0 Å². The van der Waals surface area contributed by atoms with Crippen molar-refractivity contribution in [1.82, 2.24) is 0 Å². The van der Waals surface area contributed by atoms with Gasteiger partial charge >= 0.3 is 0 Å². The van der Waals surface area contributed by atoms with Gasteiger partial charge in [0.2, 0.25) is 5.91 Å². The van der Waals surface area contributed by atoms with Gasteiger partial charge in [0, 0.05) is 5.56 Å². The first-order chi connectivity index (χ1) is 6.59. The van der Waals surface area contributed by atoms with Crippen LogP contribution >= 0.6 is 0 Å². The zero-order valence-corrected chi connectivity index (χ0v) is 7.87. The van der Waals surface area contributed by atoms with Crippen LogP contribution in [0.3, 0.4) is 0 Å². The van der Waals surface area contributed by atoms with Gasteiger partial charge in [-0.25, -0.2) is 0 Å². The number of nitrogens with two attached hydrogens (primary N) is 1. The van der Waals surface area contributed by atoms with E-state index in [0.717, 1.165) is 5.56 Å². The van der Waals surface area contributed by atoms with Crippen LogP contribution in [0, 0.1) is 18.8 Å². The molecular weight excluding hydrogens is 178 g/mol. The highest BCUT2D eigenvalue weighted by molar-refractivity contribution is 5.76. The normalized spacial score (nSPS) is 8.93. The third kappa shape index (κ3) is 2.83. The molecule has 0 saturated carbocycles. The van der Waals surface area contributed by atoms with Crippen LogP contribution < -0.4 is 5.73 Å². The lowest BCUT2D eigenvalue weighted by molar-refractivity contribution is -0.117. The number of aromatic hydroxyl groups is 1. The lowest BCUT2D eigenvalue weighted by Crippen LogP contribution is -2.08. The van der Waals surface area contributed by atoms with Crippen LogP contribution in [0.4, 0.5) is 0 Å². The summed E-state index contributed by atoms with van der Waals surface area (Å²) >= 11 is 0. The fourth-order valence-corrected chi connectivity index (χ4v) is 0.921. The molecule has 0 aliphatic heterocycles. The van der Waals surface area contributed by atoms with Crippen LogP contribution in [0.15, 0.2) is 18.2 Å². The molecule has 0 atom stereocenters. The molecule has 0 heterocycles. The van der Waals surface area contributed by atoms with Crippen molar-refractivity contribution in [2.75, 3.05) is 0 Å². The van der Waals surface area contributed by atoms with Crippen LogP contribution in [0.2, 0.25) is 0 Å². The van der Waals surface area contributed by atoms with Gasteiger partial charge in [0.15, 0.2) is 0 Å². The second kappa shape index (κ2) is 4.33. The van der Waals surface area contributed by atoms with Gasteiger partial charge in [-0.3, -0.25) is 4.79 Å². The molecule has 0 fully saturated rings. The number of aryl methyl sites for hydroxylation is 1. The Morgan fingerprint density at radius 3 is 2.86 bits per heavy atom. The van der Waals surface area contributed by atoms with Crippen molar-refractivity contribution in [3.63, 3.8) is 0 Å². The summed E-state index contributed by atoms with van der Waals surface area (Å²) in [5, 5.41) is 9.35. The van der Waals surface area contributed by atoms with E-state index in [4.69, 9.17) is 5.73 Å². The molecule has 0 saturated heterocycles. The maximum absolute atomic E-state index is 10.4. The lowest BCUT2D eigenvalue weighted by Gasteiger charge is -1.97. The Hall–Kier alpha value is -1.95. The van der Waals surface area contributed by atoms with E-state index < -0.39 is 5.91 Å². The summed E-state index contributed by atoms with van der Waals surface area (Å²) in [7, 11) is 0. The van der Waals surface area contributed by atoms with E-state index in [1.165, 1.54) is 0 Å². The summed E-state index contributed by atoms with van der Waals surface area (Å²) in [6.45, 7) is 1.80. The zero-order valence-electron chi connectivity index (χ0n) is 7.87. The van der Waals surface area contributed by atoms with E-state index in [1.807, 2.05) is 0 Å². The minimum Gasteiger partial charge on any atom is -0.508 e. The number of hydrogen-bond donors (Lipinski definition) is 2. The Bertz CT molecular complexity index is 413. The monoisotopic (exact) mass is 189 g/mol. The Kier molecular flexibility index (Phi) is 3.14. The lowest BCUT2D eigenvalue weighted by atomic mass is 10.1. The SMILES string of the molecule is Cc1ccc(C#CCC(N)=O)cc1O. The molecule has 0 spiro atoms. The van der Waals surface area contributed by atoms with Crippen molar-refractivity contribution in [2.24, 2.45) is 5.73 Å². The first-order valence-corrected chi connectivity index (χ1v) is 4.16.